The normalized spacial score (nSPS) is 24.2. The van der Waals surface area contributed by atoms with Gasteiger partial charge in [0.25, 0.3) is 0 Å². The lowest BCUT2D eigenvalue weighted by Crippen LogP contribution is -2.25. The van der Waals surface area contributed by atoms with Gasteiger partial charge in [-0.1, -0.05) is 30.3 Å². The fourth-order valence-electron chi connectivity index (χ4n) is 3.59. The minimum Gasteiger partial charge on any atom is -0.493 e. The molecule has 2 atom stereocenters. The second kappa shape index (κ2) is 5.15. The summed E-state index contributed by atoms with van der Waals surface area (Å²) in [6.45, 7) is 3.71. The lowest BCUT2D eigenvalue weighted by Gasteiger charge is -2.27. The van der Waals surface area contributed by atoms with E-state index in [0.29, 0.717) is 11.8 Å². The molecule has 0 N–H and O–H groups in total. The average molecular weight is 283 g/mol. The summed E-state index contributed by atoms with van der Waals surface area (Å²) >= 11 is 0. The number of hydrogen-bond acceptors (Lipinski definition) is 2. The SMILES string of the molecule is Fc1ccc2c(c1)[C@@H]1CN(Cc3ccccc3)C[C@H]1CO2. The van der Waals surface area contributed by atoms with Crippen LogP contribution in [0.3, 0.4) is 0 Å². The molecule has 2 heterocycles. The number of benzene rings is 2. The minimum atomic E-state index is -0.167. The Morgan fingerprint density at radius 1 is 1.10 bits per heavy atom. The largest absolute Gasteiger partial charge is 0.493 e. The maximum atomic E-state index is 13.5. The Labute approximate surface area is 124 Å². The molecule has 0 aromatic heterocycles. The summed E-state index contributed by atoms with van der Waals surface area (Å²) in [6, 6.07) is 15.4. The van der Waals surface area contributed by atoms with Crippen molar-refractivity contribution in [3.63, 3.8) is 0 Å². The highest BCUT2D eigenvalue weighted by atomic mass is 19.1. The molecule has 108 valence electrons. The topological polar surface area (TPSA) is 12.5 Å². The summed E-state index contributed by atoms with van der Waals surface area (Å²) in [7, 11) is 0. The molecule has 1 saturated heterocycles. The van der Waals surface area contributed by atoms with Crippen LogP contribution in [0.5, 0.6) is 5.75 Å². The molecule has 1 fully saturated rings. The van der Waals surface area contributed by atoms with E-state index in [1.165, 1.54) is 11.6 Å². The Hall–Kier alpha value is -1.87. The van der Waals surface area contributed by atoms with Crippen LogP contribution < -0.4 is 4.74 Å². The summed E-state index contributed by atoms with van der Waals surface area (Å²) < 4.78 is 19.3. The predicted molar refractivity (Wildman–Crippen MR) is 79.8 cm³/mol. The van der Waals surface area contributed by atoms with Crippen LogP contribution in [0.2, 0.25) is 0 Å². The molecule has 0 unspecified atom stereocenters. The van der Waals surface area contributed by atoms with Crippen LogP contribution in [0, 0.1) is 11.7 Å². The molecular formula is C18H18FNO. The van der Waals surface area contributed by atoms with Gasteiger partial charge in [-0.2, -0.15) is 0 Å². The van der Waals surface area contributed by atoms with Gasteiger partial charge in [-0.25, -0.2) is 4.39 Å². The highest BCUT2D eigenvalue weighted by molar-refractivity contribution is 5.40. The molecule has 21 heavy (non-hydrogen) atoms. The van der Waals surface area contributed by atoms with E-state index in [2.05, 4.69) is 29.2 Å². The Morgan fingerprint density at radius 3 is 2.81 bits per heavy atom. The van der Waals surface area contributed by atoms with Crippen LogP contribution in [0.25, 0.3) is 0 Å². The zero-order valence-corrected chi connectivity index (χ0v) is 11.8. The monoisotopic (exact) mass is 283 g/mol. The number of likely N-dealkylation sites (tertiary alicyclic amines) is 1. The highest BCUT2D eigenvalue weighted by Gasteiger charge is 2.38. The zero-order chi connectivity index (χ0) is 14.2. The van der Waals surface area contributed by atoms with Crippen molar-refractivity contribution in [2.24, 2.45) is 5.92 Å². The number of halogens is 1. The number of hydrogen-bond donors (Lipinski definition) is 0. The van der Waals surface area contributed by atoms with Crippen molar-refractivity contribution >= 4 is 0 Å². The van der Waals surface area contributed by atoms with Gasteiger partial charge in [0.2, 0.25) is 0 Å². The fourth-order valence-corrected chi connectivity index (χ4v) is 3.59. The second-order valence-electron chi connectivity index (χ2n) is 6.04. The molecule has 0 spiro atoms. The van der Waals surface area contributed by atoms with Crippen molar-refractivity contribution in [2.45, 2.75) is 12.5 Å². The van der Waals surface area contributed by atoms with E-state index in [4.69, 9.17) is 4.74 Å². The third-order valence-corrected chi connectivity index (χ3v) is 4.59. The first-order valence-electron chi connectivity index (χ1n) is 7.48. The maximum Gasteiger partial charge on any atom is 0.123 e. The third-order valence-electron chi connectivity index (χ3n) is 4.59. The molecule has 2 aromatic rings. The minimum absolute atomic E-state index is 0.167. The van der Waals surface area contributed by atoms with Gasteiger partial charge in [-0.15, -0.1) is 0 Å². The Bertz CT molecular complexity index is 643. The van der Waals surface area contributed by atoms with Crippen LogP contribution in [0.15, 0.2) is 48.5 Å². The van der Waals surface area contributed by atoms with E-state index in [1.54, 1.807) is 12.1 Å². The number of nitrogens with zero attached hydrogens (tertiary/aromatic N) is 1. The lowest BCUT2D eigenvalue weighted by molar-refractivity contribution is 0.211. The number of ether oxygens (including phenoxy) is 1. The van der Waals surface area contributed by atoms with Gasteiger partial charge in [0.05, 0.1) is 6.61 Å². The fraction of sp³-hybridized carbons (Fsp3) is 0.333. The van der Waals surface area contributed by atoms with E-state index in [1.807, 2.05) is 6.07 Å². The Balaban J connectivity index is 1.55. The number of rotatable bonds is 2. The molecule has 0 radical (unpaired) electrons. The van der Waals surface area contributed by atoms with Crippen LogP contribution >= 0.6 is 0 Å². The van der Waals surface area contributed by atoms with Crippen molar-refractivity contribution in [2.75, 3.05) is 19.7 Å². The summed E-state index contributed by atoms with van der Waals surface area (Å²) in [4.78, 5) is 2.45. The van der Waals surface area contributed by atoms with E-state index < -0.39 is 0 Å². The van der Waals surface area contributed by atoms with Crippen LogP contribution in [-0.4, -0.2) is 24.6 Å². The van der Waals surface area contributed by atoms with Crippen molar-refractivity contribution < 1.29 is 9.13 Å². The zero-order valence-electron chi connectivity index (χ0n) is 11.8. The summed E-state index contributed by atoms with van der Waals surface area (Å²) in [5.41, 5.74) is 2.37. The quantitative estimate of drug-likeness (QED) is 0.837. The van der Waals surface area contributed by atoms with Gasteiger partial charge in [0.15, 0.2) is 0 Å². The van der Waals surface area contributed by atoms with Crippen molar-refractivity contribution in [1.29, 1.82) is 0 Å². The molecule has 0 saturated carbocycles. The van der Waals surface area contributed by atoms with Gasteiger partial charge in [-0.05, 0) is 23.8 Å². The van der Waals surface area contributed by atoms with Gasteiger partial charge in [-0.3, -0.25) is 4.90 Å². The standard InChI is InChI=1S/C18H18FNO/c19-15-6-7-18-16(8-15)17-11-20(10-14(17)12-21-18)9-13-4-2-1-3-5-13/h1-8,14,17H,9-12H2/t14-,17+/m0/s1. The van der Waals surface area contributed by atoms with E-state index in [-0.39, 0.29) is 5.82 Å². The molecule has 0 aliphatic carbocycles. The lowest BCUT2D eigenvalue weighted by atomic mass is 9.87. The van der Waals surface area contributed by atoms with Gasteiger partial charge >= 0.3 is 0 Å². The average Bonchev–Trinajstić information content (AvgIpc) is 2.91. The van der Waals surface area contributed by atoms with Gasteiger partial charge in [0.1, 0.15) is 11.6 Å². The molecule has 4 rings (SSSR count). The first-order valence-corrected chi connectivity index (χ1v) is 7.48. The number of fused-ring (bicyclic) bond motifs is 3. The molecular weight excluding hydrogens is 265 g/mol. The molecule has 2 aromatic carbocycles. The molecule has 0 bridgehead atoms. The first-order chi connectivity index (χ1) is 10.3. The summed E-state index contributed by atoms with van der Waals surface area (Å²) in [5, 5.41) is 0. The van der Waals surface area contributed by atoms with Gasteiger partial charge in [0, 0.05) is 37.0 Å². The van der Waals surface area contributed by atoms with Crippen LogP contribution in [0.1, 0.15) is 17.0 Å². The molecule has 3 heteroatoms. The molecule has 2 nitrogen and oxygen atoms in total. The molecule has 2 aliphatic heterocycles. The van der Waals surface area contributed by atoms with Gasteiger partial charge < -0.3 is 4.74 Å². The Morgan fingerprint density at radius 2 is 1.95 bits per heavy atom. The second-order valence-corrected chi connectivity index (χ2v) is 6.04. The first kappa shape index (κ1) is 12.8. The predicted octanol–water partition coefficient (Wildman–Crippen LogP) is 3.43. The smallest absolute Gasteiger partial charge is 0.123 e. The van der Waals surface area contributed by atoms with Crippen LogP contribution in [0.4, 0.5) is 4.39 Å². The summed E-state index contributed by atoms with van der Waals surface area (Å²) in [6.07, 6.45) is 0. The third kappa shape index (κ3) is 2.42. The van der Waals surface area contributed by atoms with E-state index >= 15 is 0 Å². The van der Waals surface area contributed by atoms with Crippen molar-refractivity contribution in [3.05, 3.63) is 65.5 Å². The highest BCUT2D eigenvalue weighted by Crippen LogP contribution is 2.42. The van der Waals surface area contributed by atoms with Crippen molar-refractivity contribution in [3.8, 4) is 5.75 Å². The Kier molecular flexibility index (Phi) is 3.15. The summed E-state index contributed by atoms with van der Waals surface area (Å²) in [5.74, 6) is 1.56. The molecule has 2 aliphatic rings. The van der Waals surface area contributed by atoms with Crippen LogP contribution in [-0.2, 0) is 6.54 Å². The molecule has 0 amide bonds. The van der Waals surface area contributed by atoms with Crippen molar-refractivity contribution in [1.82, 2.24) is 4.90 Å². The van der Waals surface area contributed by atoms with E-state index in [9.17, 15) is 4.39 Å². The maximum absolute atomic E-state index is 13.5. The van der Waals surface area contributed by atoms with E-state index in [0.717, 1.165) is 37.6 Å².